The van der Waals surface area contributed by atoms with Crippen LogP contribution in [0.15, 0.2) is 4.52 Å². The second-order valence-electron chi connectivity index (χ2n) is 6.22. The van der Waals surface area contributed by atoms with Gasteiger partial charge in [0.05, 0.1) is 12.1 Å². The van der Waals surface area contributed by atoms with Crippen LogP contribution in [0.4, 0.5) is 0 Å². The lowest BCUT2D eigenvalue weighted by Gasteiger charge is -2.36. The Morgan fingerprint density at radius 1 is 1.20 bits per heavy atom. The number of hydrogen-bond donors (Lipinski definition) is 1. The van der Waals surface area contributed by atoms with Crippen molar-refractivity contribution >= 4 is 0 Å². The Hall–Kier alpha value is -0.980. The summed E-state index contributed by atoms with van der Waals surface area (Å²) in [5.74, 6) is 1.52. The van der Waals surface area contributed by atoms with E-state index >= 15 is 0 Å². The van der Waals surface area contributed by atoms with E-state index in [1.54, 1.807) is 0 Å². The first-order chi connectivity index (χ1) is 9.46. The molecule has 0 bridgehead atoms. The highest BCUT2D eigenvalue weighted by Gasteiger charge is 2.23. The van der Waals surface area contributed by atoms with E-state index in [1.165, 1.54) is 0 Å². The molecule has 6 heteroatoms. The van der Waals surface area contributed by atoms with Gasteiger partial charge in [-0.15, -0.1) is 0 Å². The lowest BCUT2D eigenvalue weighted by molar-refractivity contribution is 0.0162. The Kier molecular flexibility index (Phi) is 5.12. The highest BCUT2D eigenvalue weighted by Crippen LogP contribution is 2.10. The molecule has 1 aromatic heterocycles. The fourth-order valence-corrected chi connectivity index (χ4v) is 2.52. The van der Waals surface area contributed by atoms with Crippen molar-refractivity contribution in [3.8, 4) is 0 Å². The van der Waals surface area contributed by atoms with Crippen LogP contribution in [0.25, 0.3) is 0 Å². The summed E-state index contributed by atoms with van der Waals surface area (Å²) in [4.78, 5) is 9.04. The van der Waals surface area contributed by atoms with Crippen LogP contribution >= 0.6 is 0 Å². The first kappa shape index (κ1) is 15.4. The van der Waals surface area contributed by atoms with Gasteiger partial charge in [0, 0.05) is 39.1 Å². The molecule has 2 heterocycles. The molecular formula is C14H26N4O2. The maximum Gasteiger partial charge on any atom is 0.226 e. The van der Waals surface area contributed by atoms with E-state index < -0.39 is 5.60 Å². The molecule has 1 saturated heterocycles. The van der Waals surface area contributed by atoms with Gasteiger partial charge in [0.1, 0.15) is 0 Å². The predicted molar refractivity (Wildman–Crippen MR) is 76.3 cm³/mol. The lowest BCUT2D eigenvalue weighted by Crippen LogP contribution is -2.50. The molecule has 1 aliphatic heterocycles. The summed E-state index contributed by atoms with van der Waals surface area (Å²) in [7, 11) is 0. The fraction of sp³-hybridized carbons (Fsp3) is 0.857. The summed E-state index contributed by atoms with van der Waals surface area (Å²) < 4.78 is 5.20. The Morgan fingerprint density at radius 3 is 2.45 bits per heavy atom. The molecule has 0 spiro atoms. The van der Waals surface area contributed by atoms with Gasteiger partial charge in [-0.05, 0) is 20.3 Å². The van der Waals surface area contributed by atoms with Crippen LogP contribution in [0, 0.1) is 0 Å². The molecule has 0 aliphatic carbocycles. The Morgan fingerprint density at radius 2 is 1.85 bits per heavy atom. The first-order valence-electron chi connectivity index (χ1n) is 7.45. The molecular weight excluding hydrogens is 256 g/mol. The van der Waals surface area contributed by atoms with Crippen LogP contribution in [0.3, 0.4) is 0 Å². The maximum atomic E-state index is 9.84. The molecule has 6 nitrogen and oxygen atoms in total. The predicted octanol–water partition coefficient (Wildman–Crippen LogP) is 0.911. The van der Waals surface area contributed by atoms with E-state index in [0.29, 0.717) is 0 Å². The molecule has 0 aromatic carbocycles. The van der Waals surface area contributed by atoms with Crippen LogP contribution in [-0.4, -0.2) is 63.4 Å². The number of hydrogen-bond acceptors (Lipinski definition) is 6. The van der Waals surface area contributed by atoms with Gasteiger partial charge in [-0.3, -0.25) is 9.80 Å². The second kappa shape index (κ2) is 6.65. The third-order valence-electron chi connectivity index (χ3n) is 3.41. The van der Waals surface area contributed by atoms with E-state index in [1.807, 2.05) is 13.8 Å². The molecule has 0 radical (unpaired) electrons. The number of aromatic nitrogens is 2. The maximum absolute atomic E-state index is 9.84. The van der Waals surface area contributed by atoms with Gasteiger partial charge in [0.15, 0.2) is 5.82 Å². The van der Waals surface area contributed by atoms with Gasteiger partial charge in [0.25, 0.3) is 0 Å². The highest BCUT2D eigenvalue weighted by atomic mass is 16.5. The van der Waals surface area contributed by atoms with Crippen molar-refractivity contribution < 1.29 is 9.63 Å². The monoisotopic (exact) mass is 282 g/mol. The number of piperazine rings is 1. The zero-order valence-corrected chi connectivity index (χ0v) is 12.8. The van der Waals surface area contributed by atoms with E-state index in [-0.39, 0.29) is 0 Å². The van der Waals surface area contributed by atoms with Crippen LogP contribution < -0.4 is 0 Å². The SMILES string of the molecule is CCCc1nc(CN2CCN(CC(C)(C)O)CC2)no1. The molecule has 114 valence electrons. The van der Waals surface area contributed by atoms with Crippen molar-refractivity contribution in [1.29, 1.82) is 0 Å². The standard InChI is InChI=1S/C14H26N4O2/c1-4-5-13-15-12(16-20-13)10-17-6-8-18(9-7-17)11-14(2,3)19/h19H,4-11H2,1-3H3. The Balaban J connectivity index is 1.76. The van der Waals surface area contributed by atoms with E-state index in [0.717, 1.165) is 63.8 Å². The molecule has 1 N–H and O–H groups in total. The van der Waals surface area contributed by atoms with Crippen molar-refractivity contribution in [3.63, 3.8) is 0 Å². The first-order valence-corrected chi connectivity index (χ1v) is 7.45. The van der Waals surface area contributed by atoms with Crippen LogP contribution in [-0.2, 0) is 13.0 Å². The second-order valence-corrected chi connectivity index (χ2v) is 6.22. The quantitative estimate of drug-likeness (QED) is 0.836. The molecule has 0 saturated carbocycles. The van der Waals surface area contributed by atoms with Gasteiger partial charge in [-0.2, -0.15) is 4.98 Å². The number of β-amino-alcohol motifs (C(OH)–C–C–N with tert-alkyl or cyclic N) is 1. The number of aryl methyl sites for hydroxylation is 1. The third-order valence-corrected chi connectivity index (χ3v) is 3.41. The molecule has 1 fully saturated rings. The van der Waals surface area contributed by atoms with E-state index in [4.69, 9.17) is 4.52 Å². The van der Waals surface area contributed by atoms with E-state index in [2.05, 4.69) is 26.9 Å². The lowest BCUT2D eigenvalue weighted by atomic mass is 10.1. The summed E-state index contributed by atoms with van der Waals surface area (Å²) in [5.41, 5.74) is -0.620. The number of aliphatic hydroxyl groups is 1. The van der Waals surface area contributed by atoms with Gasteiger partial charge in [-0.25, -0.2) is 0 Å². The smallest absolute Gasteiger partial charge is 0.226 e. The van der Waals surface area contributed by atoms with E-state index in [9.17, 15) is 5.11 Å². The van der Waals surface area contributed by atoms with Gasteiger partial charge in [0.2, 0.25) is 5.89 Å². The molecule has 20 heavy (non-hydrogen) atoms. The zero-order chi connectivity index (χ0) is 14.6. The van der Waals surface area contributed by atoms with Crippen molar-refractivity contribution in [3.05, 3.63) is 11.7 Å². The van der Waals surface area contributed by atoms with Crippen LogP contribution in [0.5, 0.6) is 0 Å². The summed E-state index contributed by atoms with van der Waals surface area (Å²) in [6.07, 6.45) is 1.88. The van der Waals surface area contributed by atoms with Crippen LogP contribution in [0.2, 0.25) is 0 Å². The molecule has 0 atom stereocenters. The Bertz CT molecular complexity index is 406. The zero-order valence-electron chi connectivity index (χ0n) is 12.8. The van der Waals surface area contributed by atoms with Gasteiger partial charge in [-0.1, -0.05) is 12.1 Å². The minimum Gasteiger partial charge on any atom is -0.389 e. The minimum atomic E-state index is -0.620. The van der Waals surface area contributed by atoms with Gasteiger partial charge >= 0.3 is 0 Å². The summed E-state index contributed by atoms with van der Waals surface area (Å²) >= 11 is 0. The van der Waals surface area contributed by atoms with Gasteiger partial charge < -0.3 is 9.63 Å². The largest absolute Gasteiger partial charge is 0.389 e. The average Bonchev–Trinajstić information content (AvgIpc) is 2.78. The van der Waals surface area contributed by atoms with Crippen molar-refractivity contribution in [2.75, 3.05) is 32.7 Å². The fourth-order valence-electron chi connectivity index (χ4n) is 2.52. The van der Waals surface area contributed by atoms with Crippen LogP contribution in [0.1, 0.15) is 38.9 Å². The summed E-state index contributed by atoms with van der Waals surface area (Å²) in [6.45, 7) is 11.2. The summed E-state index contributed by atoms with van der Waals surface area (Å²) in [6, 6.07) is 0. The minimum absolute atomic E-state index is 0.620. The highest BCUT2D eigenvalue weighted by molar-refractivity contribution is 4.88. The molecule has 2 rings (SSSR count). The third kappa shape index (κ3) is 4.85. The molecule has 1 aliphatic rings. The van der Waals surface area contributed by atoms with Crippen molar-refractivity contribution in [1.82, 2.24) is 19.9 Å². The molecule has 0 unspecified atom stereocenters. The Labute approximate surface area is 120 Å². The van der Waals surface area contributed by atoms with Crippen molar-refractivity contribution in [2.45, 2.75) is 45.8 Å². The normalized spacial score (nSPS) is 18.6. The average molecular weight is 282 g/mol. The number of rotatable bonds is 6. The molecule has 1 aromatic rings. The molecule has 0 amide bonds. The topological polar surface area (TPSA) is 65.6 Å². The van der Waals surface area contributed by atoms with Crippen molar-refractivity contribution in [2.24, 2.45) is 0 Å². The number of nitrogens with zero attached hydrogens (tertiary/aromatic N) is 4. The summed E-state index contributed by atoms with van der Waals surface area (Å²) in [5, 5.41) is 13.9.